The molecular weight excluding hydrogens is 1730 g/mol. The van der Waals surface area contributed by atoms with Crippen LogP contribution in [0.2, 0.25) is 0 Å². The zero-order valence-corrected chi connectivity index (χ0v) is 75.3. The minimum Gasteiger partial charge on any atom is -0.497 e. The molecule has 0 radical (unpaired) electrons. The first-order valence-corrected chi connectivity index (χ1v) is 45.7. The number of halogens is 6. The standard InChI is InChI=1S/C32H19NO.C27H23NO.C22H21NO3S.C18H13NO2.C15H9F6NO2/c1-33-28-17-16-20(22-11-5-13-27(31(22)28)32(33)34)19-14-15-26-24-9-3-7-18-6-2-8-23(29(18)24)25-12-4-10-21(19)30(25)26;1-27(2,19-8-5-4-6-9-19)20-14-12-18(13-15-20)21-16-17-24-25-22(21)10-7-11-23(25)26(29)28(24)3;1-22(2,3)14-23-18-12-13-19(27(25,26)15-8-5-4-6-9-15)16-10-7-11-17(20(16)18)21(23)24;1-21-14-10-8-13(9-11-14)19-16-7-3-5-12-4-2-6-15(17(12)16)18(19)20;16-8-6-5-7(10(18)11(8)19)15(24)22(3-1-2-4-23)14(5)13(21)12(20)9(6)17/h2-17H,1H3;4-17H,1-3H3;4-13H,14H2,1-3H3;2-11H,1H3;23H,1-4H2. The van der Waals surface area contributed by atoms with E-state index in [0.717, 1.165) is 94.1 Å². The van der Waals surface area contributed by atoms with Gasteiger partial charge in [0.25, 0.3) is 29.5 Å². The summed E-state index contributed by atoms with van der Waals surface area (Å²) in [4.78, 5) is 71.4. The number of hydrogen-bond acceptors (Lipinski definition) is 9. The Morgan fingerprint density at radius 3 is 1.39 bits per heavy atom. The highest BCUT2D eigenvalue weighted by Gasteiger charge is 2.43. The van der Waals surface area contributed by atoms with Gasteiger partial charge in [-0.1, -0.05) is 247 Å². The van der Waals surface area contributed by atoms with Crippen LogP contribution in [0.15, 0.2) is 313 Å². The van der Waals surface area contributed by atoms with Gasteiger partial charge in [0.1, 0.15) is 5.75 Å². The third-order valence-corrected chi connectivity index (χ3v) is 28.4. The molecule has 21 heteroatoms. The van der Waals surface area contributed by atoms with Gasteiger partial charge in [0.05, 0.1) is 61.9 Å². The van der Waals surface area contributed by atoms with Gasteiger partial charge in [0, 0.05) is 93.9 Å². The normalized spacial score (nSPS) is 13.5. The van der Waals surface area contributed by atoms with E-state index in [2.05, 4.69) is 192 Å². The zero-order valence-electron chi connectivity index (χ0n) is 74.5. The Hall–Kier alpha value is -15.6. The van der Waals surface area contributed by atoms with Crippen LogP contribution in [0.3, 0.4) is 0 Å². The third kappa shape index (κ3) is 14.2. The summed E-state index contributed by atoms with van der Waals surface area (Å²) in [5.41, 5.74) is 12.8. The summed E-state index contributed by atoms with van der Waals surface area (Å²) in [6.45, 7) is 10.8. The van der Waals surface area contributed by atoms with Crippen LogP contribution in [0, 0.1) is 40.3 Å². The summed E-state index contributed by atoms with van der Waals surface area (Å²) in [6.07, 6.45) is 0.322. The Kier molecular flexibility index (Phi) is 21.8. The second kappa shape index (κ2) is 33.6. The number of sulfone groups is 1. The fraction of sp³-hybridized carbons (Fsp3) is 0.132. The van der Waals surface area contributed by atoms with Crippen molar-refractivity contribution in [2.75, 3.05) is 65.4 Å². The minimum absolute atomic E-state index is 0.0203. The van der Waals surface area contributed by atoms with E-state index < -0.39 is 72.7 Å². The number of methoxy groups -OCH3 is 1. The minimum atomic E-state index is -3.67. The fourth-order valence-corrected chi connectivity index (χ4v) is 21.5. The molecule has 5 aliphatic heterocycles. The van der Waals surface area contributed by atoms with Crippen LogP contribution in [-0.4, -0.2) is 84.0 Å². The zero-order chi connectivity index (χ0) is 94.3. The van der Waals surface area contributed by atoms with E-state index in [-0.39, 0.29) is 70.2 Å². The van der Waals surface area contributed by atoms with E-state index in [9.17, 15) is 58.7 Å². The number of aliphatic hydroxyl groups excluding tert-OH is 1. The smallest absolute Gasteiger partial charge is 0.263 e. The average molecular weight is 1820 g/mol. The molecule has 5 amide bonds. The predicted octanol–water partition coefficient (Wildman–Crippen LogP) is 26.8. The number of anilines is 6. The quantitative estimate of drug-likeness (QED) is 0.0389. The van der Waals surface area contributed by atoms with Crippen LogP contribution in [0.25, 0.3) is 119 Å². The van der Waals surface area contributed by atoms with Gasteiger partial charge in [-0.2, -0.15) is 0 Å². The Morgan fingerprint density at radius 1 is 0.341 bits per heavy atom. The summed E-state index contributed by atoms with van der Waals surface area (Å²) < 4.78 is 115. The molecule has 668 valence electrons. The number of benzene rings is 19. The second-order valence-electron chi connectivity index (χ2n) is 36.0. The van der Waals surface area contributed by atoms with E-state index >= 15 is 0 Å². The molecule has 0 bridgehead atoms. The maximum absolute atomic E-state index is 14.1. The first kappa shape index (κ1) is 87.4. The maximum Gasteiger partial charge on any atom is 0.263 e. The molecule has 0 atom stereocenters. The molecule has 5 heterocycles. The largest absolute Gasteiger partial charge is 0.497 e. The summed E-state index contributed by atoms with van der Waals surface area (Å²) >= 11 is 0. The summed E-state index contributed by atoms with van der Waals surface area (Å²) in [6, 6.07) is 101. The maximum atomic E-state index is 14.1. The van der Waals surface area contributed by atoms with E-state index in [0.29, 0.717) is 22.4 Å². The molecule has 0 saturated carbocycles. The number of fused-ring (bicyclic) bond motifs is 2. The van der Waals surface area contributed by atoms with Crippen molar-refractivity contribution in [3.8, 4) is 28.0 Å². The molecule has 0 fully saturated rings. The van der Waals surface area contributed by atoms with Crippen molar-refractivity contribution in [3.63, 3.8) is 0 Å². The Morgan fingerprint density at radius 2 is 0.800 bits per heavy atom. The molecule has 1 N–H and O–H groups in total. The lowest BCUT2D eigenvalue weighted by molar-refractivity contribution is 0.0978. The number of unbranched alkanes of at least 4 members (excludes halogenated alkanes) is 1. The second-order valence-corrected chi connectivity index (χ2v) is 37.9. The Balaban J connectivity index is 0.000000106. The number of rotatable bonds is 13. The van der Waals surface area contributed by atoms with Crippen LogP contribution in [0.1, 0.15) is 110 Å². The highest BCUT2D eigenvalue weighted by molar-refractivity contribution is 7.91. The highest BCUT2D eigenvalue weighted by atomic mass is 32.2. The topological polar surface area (TPSA) is 165 Å². The van der Waals surface area contributed by atoms with Gasteiger partial charge in [-0.15, -0.1) is 0 Å². The molecule has 0 aliphatic carbocycles. The molecule has 0 unspecified atom stereocenters. The lowest BCUT2D eigenvalue weighted by Crippen LogP contribution is -2.35. The van der Waals surface area contributed by atoms with Gasteiger partial charge in [-0.3, -0.25) is 28.9 Å². The van der Waals surface area contributed by atoms with Crippen LogP contribution in [0.4, 0.5) is 60.5 Å². The van der Waals surface area contributed by atoms with Crippen molar-refractivity contribution in [2.24, 2.45) is 5.41 Å². The molecule has 19 aromatic carbocycles. The number of ether oxygens (including phenoxy) is 1. The van der Waals surface area contributed by atoms with Gasteiger partial charge in [-0.25, -0.2) is 34.8 Å². The highest BCUT2D eigenvalue weighted by Crippen LogP contribution is 2.52. The lowest BCUT2D eigenvalue weighted by atomic mass is 9.78. The number of carbonyl (C=O) groups is 5. The Labute approximate surface area is 772 Å². The number of carbonyl (C=O) groups excluding carboxylic acids is 5. The molecule has 19 aromatic rings. The molecule has 5 aliphatic rings. The number of hydrogen-bond donors (Lipinski definition) is 1. The Bertz CT molecular complexity index is 8300. The van der Waals surface area contributed by atoms with Crippen molar-refractivity contribution in [2.45, 2.75) is 62.7 Å². The third-order valence-electron chi connectivity index (χ3n) is 26.6. The number of amides is 5. The monoisotopic (exact) mass is 1810 g/mol. The predicted molar refractivity (Wildman–Crippen MR) is 526 cm³/mol. The fourth-order valence-electron chi connectivity index (χ4n) is 20.1. The van der Waals surface area contributed by atoms with Crippen molar-refractivity contribution in [1.29, 1.82) is 0 Å². The van der Waals surface area contributed by atoms with Crippen molar-refractivity contribution in [3.05, 3.63) is 377 Å². The van der Waals surface area contributed by atoms with E-state index in [1.807, 2.05) is 99.0 Å². The van der Waals surface area contributed by atoms with Crippen LogP contribution < -0.4 is 29.2 Å². The first-order chi connectivity index (χ1) is 65.0. The summed E-state index contributed by atoms with van der Waals surface area (Å²) in [5, 5.41) is 24.8. The molecule has 14 nitrogen and oxygen atoms in total. The van der Waals surface area contributed by atoms with Crippen molar-refractivity contribution in [1.82, 2.24) is 0 Å². The van der Waals surface area contributed by atoms with Crippen LogP contribution in [-0.2, 0) is 15.3 Å². The lowest BCUT2D eigenvalue weighted by Gasteiger charge is -2.27. The first-order valence-electron chi connectivity index (χ1n) is 44.2. The SMILES string of the molecule is CC(C)(C)CN1C(=O)c2cccc3c(S(=O)(=O)c4ccccc4)ccc1c23.CN1C(=O)c2cccc3c(-c4ccc(C(C)(C)c5ccccc5)cc4)ccc1c23.CN1C(=O)c2cccc3c(-c4ccc5c6cccc7cccc(c8cccc4c85)c76)ccc1c23.COc1ccc(N2C(=O)c3cccc4cccc2c34)cc1.O=C1c2c(F)c(F)c(F)c3c(F)c(F)c(F)c(c23)N1CCCCO. The number of nitrogens with zero attached hydrogens (tertiary/aromatic N) is 5. The van der Waals surface area contributed by atoms with Gasteiger partial charge in [0.2, 0.25) is 9.84 Å². The van der Waals surface area contributed by atoms with E-state index in [4.69, 9.17) is 9.84 Å². The molecule has 24 rings (SSSR count). The molecule has 0 saturated heterocycles. The number of aliphatic hydroxyl groups is 1. The summed E-state index contributed by atoms with van der Waals surface area (Å²) in [7, 11) is 1.66. The summed E-state index contributed by atoms with van der Waals surface area (Å²) in [5.74, 6) is -12.3. The molecule has 135 heavy (non-hydrogen) atoms. The average Bonchev–Trinajstić information content (AvgIpc) is 1.66. The molecule has 0 aromatic heterocycles. The molecular formula is C114H85F6N5O9S. The van der Waals surface area contributed by atoms with E-state index in [1.165, 1.54) is 70.9 Å². The van der Waals surface area contributed by atoms with Crippen LogP contribution in [0.5, 0.6) is 5.75 Å². The van der Waals surface area contributed by atoms with Gasteiger partial charge < -0.3 is 29.4 Å². The molecule has 0 spiro atoms. The van der Waals surface area contributed by atoms with Gasteiger partial charge >= 0.3 is 0 Å². The van der Waals surface area contributed by atoms with Gasteiger partial charge in [0.15, 0.2) is 34.9 Å². The van der Waals surface area contributed by atoms with Crippen molar-refractivity contribution >= 4 is 170 Å². The van der Waals surface area contributed by atoms with Gasteiger partial charge in [-0.05, 0) is 202 Å². The van der Waals surface area contributed by atoms with Crippen molar-refractivity contribution < 1.29 is 68.6 Å². The van der Waals surface area contributed by atoms with E-state index in [1.54, 1.807) is 87.4 Å². The van der Waals surface area contributed by atoms with Crippen LogP contribution >= 0.6 is 0 Å².